The Bertz CT molecular complexity index is 508. The Labute approximate surface area is 110 Å². The lowest BCUT2D eigenvalue weighted by molar-refractivity contribution is 0.517. The molecule has 0 saturated carbocycles. The number of rotatable bonds is 6. The standard InChI is InChI=1S/C11H14ClF2NO2S/c1-2-9(5-6-12)15-18(16,17)11-4-3-8(13)7-10(11)14/h3-4,7,9,15H,2,5-6H2,1H3. The zero-order valence-electron chi connectivity index (χ0n) is 9.79. The quantitative estimate of drug-likeness (QED) is 0.821. The van der Waals surface area contributed by atoms with Crippen LogP contribution >= 0.6 is 11.6 Å². The second-order valence-corrected chi connectivity index (χ2v) is 5.84. The van der Waals surface area contributed by atoms with E-state index in [1.807, 2.05) is 0 Å². The number of halogens is 3. The molecule has 1 aromatic carbocycles. The molecule has 0 aliphatic rings. The van der Waals surface area contributed by atoms with Gasteiger partial charge in [0.15, 0.2) is 0 Å². The van der Waals surface area contributed by atoms with E-state index < -0.39 is 26.6 Å². The van der Waals surface area contributed by atoms with E-state index in [1.54, 1.807) is 6.92 Å². The van der Waals surface area contributed by atoms with Crippen molar-refractivity contribution in [3.8, 4) is 0 Å². The second-order valence-electron chi connectivity index (χ2n) is 3.78. The lowest BCUT2D eigenvalue weighted by atomic mass is 10.2. The second kappa shape index (κ2) is 6.45. The van der Waals surface area contributed by atoms with Crippen LogP contribution in [0.5, 0.6) is 0 Å². The van der Waals surface area contributed by atoms with E-state index in [9.17, 15) is 17.2 Å². The molecule has 0 bridgehead atoms. The van der Waals surface area contributed by atoms with Gasteiger partial charge in [-0.3, -0.25) is 0 Å². The molecule has 1 unspecified atom stereocenters. The van der Waals surface area contributed by atoms with E-state index in [1.165, 1.54) is 0 Å². The molecule has 1 aromatic rings. The van der Waals surface area contributed by atoms with Gasteiger partial charge in [-0.05, 0) is 25.0 Å². The van der Waals surface area contributed by atoms with Crippen molar-refractivity contribution in [3.05, 3.63) is 29.8 Å². The third kappa shape index (κ3) is 3.90. The Balaban J connectivity index is 2.99. The van der Waals surface area contributed by atoms with Crippen LogP contribution in [0.25, 0.3) is 0 Å². The number of hydrogen-bond donors (Lipinski definition) is 1. The summed E-state index contributed by atoms with van der Waals surface area (Å²) in [5.41, 5.74) is 0. The lowest BCUT2D eigenvalue weighted by Crippen LogP contribution is -2.35. The first-order valence-corrected chi connectivity index (χ1v) is 7.45. The van der Waals surface area contributed by atoms with Crippen LogP contribution in [0.4, 0.5) is 8.78 Å². The van der Waals surface area contributed by atoms with Crippen LogP contribution in [0.3, 0.4) is 0 Å². The first-order valence-electron chi connectivity index (χ1n) is 5.44. The van der Waals surface area contributed by atoms with Gasteiger partial charge in [-0.2, -0.15) is 0 Å². The van der Waals surface area contributed by atoms with E-state index in [0.29, 0.717) is 24.8 Å². The summed E-state index contributed by atoms with van der Waals surface area (Å²) in [5, 5.41) is 0. The molecule has 18 heavy (non-hydrogen) atoms. The van der Waals surface area contributed by atoms with Gasteiger partial charge in [-0.15, -0.1) is 11.6 Å². The Hall–Kier alpha value is -0.720. The van der Waals surface area contributed by atoms with Gasteiger partial charge in [0.2, 0.25) is 10.0 Å². The fourth-order valence-electron chi connectivity index (χ4n) is 1.45. The molecule has 0 radical (unpaired) electrons. The summed E-state index contributed by atoms with van der Waals surface area (Å²) < 4.78 is 52.2. The molecule has 0 aromatic heterocycles. The zero-order valence-corrected chi connectivity index (χ0v) is 11.4. The summed E-state index contributed by atoms with van der Waals surface area (Å²) in [7, 11) is -3.99. The van der Waals surface area contributed by atoms with Crippen molar-refractivity contribution in [1.82, 2.24) is 4.72 Å². The molecule has 102 valence electrons. The van der Waals surface area contributed by atoms with Crippen molar-refractivity contribution in [1.29, 1.82) is 0 Å². The van der Waals surface area contributed by atoms with Crippen molar-refractivity contribution in [2.24, 2.45) is 0 Å². The largest absolute Gasteiger partial charge is 0.243 e. The van der Waals surface area contributed by atoms with Gasteiger partial charge in [0.1, 0.15) is 16.5 Å². The molecule has 0 saturated heterocycles. The molecular weight excluding hydrogens is 284 g/mol. The fourth-order valence-corrected chi connectivity index (χ4v) is 3.13. The van der Waals surface area contributed by atoms with Crippen LogP contribution in [0, 0.1) is 11.6 Å². The van der Waals surface area contributed by atoms with Gasteiger partial charge in [0.25, 0.3) is 0 Å². The van der Waals surface area contributed by atoms with Gasteiger partial charge in [-0.1, -0.05) is 6.92 Å². The van der Waals surface area contributed by atoms with E-state index in [4.69, 9.17) is 11.6 Å². The van der Waals surface area contributed by atoms with Gasteiger partial charge in [0.05, 0.1) is 0 Å². The Morgan fingerprint density at radius 1 is 1.39 bits per heavy atom. The first kappa shape index (κ1) is 15.3. The predicted molar refractivity (Wildman–Crippen MR) is 66.1 cm³/mol. The molecule has 1 atom stereocenters. The van der Waals surface area contributed by atoms with Crippen molar-refractivity contribution in [2.45, 2.75) is 30.7 Å². The minimum absolute atomic E-state index is 0.299. The van der Waals surface area contributed by atoms with Gasteiger partial charge in [0, 0.05) is 18.0 Å². The molecule has 1 N–H and O–H groups in total. The molecule has 0 heterocycles. The highest BCUT2D eigenvalue weighted by Crippen LogP contribution is 2.16. The maximum atomic E-state index is 13.4. The summed E-state index contributed by atoms with van der Waals surface area (Å²) in [6, 6.07) is 1.98. The minimum Gasteiger partial charge on any atom is -0.208 e. The molecule has 0 aliphatic carbocycles. The maximum absolute atomic E-state index is 13.4. The molecule has 0 spiro atoms. The van der Waals surface area contributed by atoms with Crippen LogP contribution in [0.15, 0.2) is 23.1 Å². The summed E-state index contributed by atoms with van der Waals surface area (Å²) in [6.07, 6.45) is 0.981. The van der Waals surface area contributed by atoms with E-state index in [0.717, 1.165) is 12.1 Å². The average Bonchev–Trinajstić information content (AvgIpc) is 2.27. The first-order chi connectivity index (χ1) is 8.40. The monoisotopic (exact) mass is 297 g/mol. The molecule has 0 fully saturated rings. The Morgan fingerprint density at radius 3 is 2.56 bits per heavy atom. The molecule has 7 heteroatoms. The topological polar surface area (TPSA) is 46.2 Å². The highest BCUT2D eigenvalue weighted by molar-refractivity contribution is 7.89. The van der Waals surface area contributed by atoms with Crippen LogP contribution in [0.2, 0.25) is 0 Å². The summed E-state index contributed by atoms with van der Waals surface area (Å²) in [6.45, 7) is 1.79. The number of benzene rings is 1. The lowest BCUT2D eigenvalue weighted by Gasteiger charge is -2.16. The zero-order chi connectivity index (χ0) is 13.8. The third-order valence-electron chi connectivity index (χ3n) is 2.46. The number of nitrogens with one attached hydrogen (secondary N) is 1. The van der Waals surface area contributed by atoms with Gasteiger partial charge < -0.3 is 0 Å². The van der Waals surface area contributed by atoms with E-state index in [-0.39, 0.29) is 6.04 Å². The smallest absolute Gasteiger partial charge is 0.208 e. The van der Waals surface area contributed by atoms with Crippen molar-refractivity contribution >= 4 is 21.6 Å². The predicted octanol–water partition coefficient (Wildman–Crippen LogP) is 2.65. The van der Waals surface area contributed by atoms with Crippen molar-refractivity contribution in [3.63, 3.8) is 0 Å². The van der Waals surface area contributed by atoms with Crippen LogP contribution in [-0.2, 0) is 10.0 Å². The highest BCUT2D eigenvalue weighted by Gasteiger charge is 2.22. The summed E-state index contributed by atoms with van der Waals surface area (Å²) >= 11 is 5.54. The number of hydrogen-bond acceptors (Lipinski definition) is 2. The van der Waals surface area contributed by atoms with Crippen LogP contribution in [0.1, 0.15) is 19.8 Å². The molecule has 0 aliphatic heterocycles. The maximum Gasteiger partial charge on any atom is 0.243 e. The molecule has 0 amide bonds. The molecular formula is C11H14ClF2NO2S. The molecule has 3 nitrogen and oxygen atoms in total. The normalized spacial score (nSPS) is 13.6. The third-order valence-corrected chi connectivity index (χ3v) is 4.23. The van der Waals surface area contributed by atoms with E-state index in [2.05, 4.69) is 4.72 Å². The minimum atomic E-state index is -3.99. The van der Waals surface area contributed by atoms with Crippen molar-refractivity contribution in [2.75, 3.05) is 5.88 Å². The summed E-state index contributed by atoms with van der Waals surface area (Å²) in [4.78, 5) is -0.558. The van der Waals surface area contributed by atoms with Crippen molar-refractivity contribution < 1.29 is 17.2 Å². The van der Waals surface area contributed by atoms with Gasteiger partial charge in [-0.25, -0.2) is 21.9 Å². The summed E-state index contributed by atoms with van der Waals surface area (Å²) in [5.74, 6) is -1.63. The van der Waals surface area contributed by atoms with Crippen LogP contribution < -0.4 is 4.72 Å². The Kier molecular flexibility index (Phi) is 5.49. The Morgan fingerprint density at radius 2 is 2.06 bits per heavy atom. The van der Waals surface area contributed by atoms with E-state index >= 15 is 0 Å². The fraction of sp³-hybridized carbons (Fsp3) is 0.455. The van der Waals surface area contributed by atoms with Crippen LogP contribution in [-0.4, -0.2) is 20.3 Å². The highest BCUT2D eigenvalue weighted by atomic mass is 35.5. The average molecular weight is 298 g/mol. The molecule has 1 rings (SSSR count). The SMILES string of the molecule is CCC(CCCl)NS(=O)(=O)c1ccc(F)cc1F. The van der Waals surface area contributed by atoms with Gasteiger partial charge >= 0.3 is 0 Å². The number of sulfonamides is 1. The number of alkyl halides is 1.